The highest BCUT2D eigenvalue weighted by atomic mass is 16.2. The van der Waals surface area contributed by atoms with Crippen molar-refractivity contribution in [3.05, 3.63) is 29.1 Å². The predicted molar refractivity (Wildman–Crippen MR) is 71.2 cm³/mol. The molecule has 2 heterocycles. The Balaban J connectivity index is 2.14. The first-order chi connectivity index (χ1) is 8.65. The summed E-state index contributed by atoms with van der Waals surface area (Å²) in [6.07, 6.45) is 2.27. The Hall–Kier alpha value is -1.42. The molecule has 18 heavy (non-hydrogen) atoms. The quantitative estimate of drug-likeness (QED) is 0.884. The standard InChI is InChI=1S/C14H21N3O/c1-3-11-6-7-17(9-11)14(18)13-5-4-12(8-15)16-10(13)2/h4-5,11H,3,6-9,15H2,1-2H3. The number of rotatable bonds is 3. The number of hydrogen-bond donors (Lipinski definition) is 1. The molecule has 1 aromatic rings. The van der Waals surface area contributed by atoms with E-state index in [2.05, 4.69) is 11.9 Å². The number of nitrogens with zero attached hydrogens (tertiary/aromatic N) is 2. The van der Waals surface area contributed by atoms with Crippen LogP contribution >= 0.6 is 0 Å². The van der Waals surface area contributed by atoms with Gasteiger partial charge in [0.15, 0.2) is 0 Å². The topological polar surface area (TPSA) is 59.2 Å². The zero-order valence-corrected chi connectivity index (χ0v) is 11.1. The minimum absolute atomic E-state index is 0.111. The fourth-order valence-corrected chi connectivity index (χ4v) is 2.47. The maximum atomic E-state index is 12.4. The summed E-state index contributed by atoms with van der Waals surface area (Å²) in [5.74, 6) is 0.769. The summed E-state index contributed by atoms with van der Waals surface area (Å²) in [7, 11) is 0. The van der Waals surface area contributed by atoms with Crippen molar-refractivity contribution in [3.8, 4) is 0 Å². The van der Waals surface area contributed by atoms with Crippen LogP contribution in [0.2, 0.25) is 0 Å². The number of carbonyl (C=O) groups excluding carboxylic acids is 1. The molecule has 0 aliphatic carbocycles. The van der Waals surface area contributed by atoms with Crippen molar-refractivity contribution >= 4 is 5.91 Å². The second-order valence-corrected chi connectivity index (χ2v) is 4.95. The van der Waals surface area contributed by atoms with E-state index in [9.17, 15) is 4.79 Å². The van der Waals surface area contributed by atoms with Gasteiger partial charge in [0.2, 0.25) is 0 Å². The fourth-order valence-electron chi connectivity index (χ4n) is 2.47. The van der Waals surface area contributed by atoms with Crippen molar-refractivity contribution in [2.75, 3.05) is 13.1 Å². The lowest BCUT2D eigenvalue weighted by molar-refractivity contribution is 0.0785. The molecule has 4 heteroatoms. The Kier molecular flexibility index (Phi) is 3.97. The van der Waals surface area contributed by atoms with E-state index >= 15 is 0 Å². The average molecular weight is 247 g/mol. The van der Waals surface area contributed by atoms with Crippen molar-refractivity contribution in [3.63, 3.8) is 0 Å². The zero-order chi connectivity index (χ0) is 13.1. The molecule has 1 aliphatic heterocycles. The molecule has 0 bridgehead atoms. The van der Waals surface area contributed by atoms with Gasteiger partial charge in [-0.05, 0) is 31.4 Å². The van der Waals surface area contributed by atoms with E-state index < -0.39 is 0 Å². The first-order valence-corrected chi connectivity index (χ1v) is 6.61. The molecule has 1 aromatic heterocycles. The number of nitrogens with two attached hydrogens (primary N) is 1. The molecule has 1 amide bonds. The van der Waals surface area contributed by atoms with Gasteiger partial charge in [0.05, 0.1) is 17.0 Å². The van der Waals surface area contributed by atoms with Crippen LogP contribution < -0.4 is 5.73 Å². The van der Waals surface area contributed by atoms with Crippen LogP contribution in [0.5, 0.6) is 0 Å². The van der Waals surface area contributed by atoms with E-state index in [1.54, 1.807) is 0 Å². The van der Waals surface area contributed by atoms with Crippen LogP contribution in [0, 0.1) is 12.8 Å². The van der Waals surface area contributed by atoms with Crippen molar-refractivity contribution in [2.45, 2.75) is 33.2 Å². The molecule has 1 aliphatic rings. The highest BCUT2D eigenvalue weighted by Crippen LogP contribution is 2.21. The van der Waals surface area contributed by atoms with Gasteiger partial charge in [-0.3, -0.25) is 9.78 Å². The Morgan fingerprint density at radius 1 is 1.56 bits per heavy atom. The van der Waals surface area contributed by atoms with Crippen LogP contribution in [0.15, 0.2) is 12.1 Å². The molecule has 0 spiro atoms. The van der Waals surface area contributed by atoms with E-state index in [1.807, 2.05) is 24.0 Å². The molecule has 2 N–H and O–H groups in total. The number of aryl methyl sites for hydroxylation is 1. The number of pyridine rings is 1. The summed E-state index contributed by atoms with van der Waals surface area (Å²) in [6, 6.07) is 3.69. The summed E-state index contributed by atoms with van der Waals surface area (Å²) >= 11 is 0. The lowest BCUT2D eigenvalue weighted by Crippen LogP contribution is -2.29. The first kappa shape index (κ1) is 13.0. The van der Waals surface area contributed by atoms with E-state index in [0.717, 1.165) is 37.3 Å². The molecule has 0 saturated carbocycles. The molecular weight excluding hydrogens is 226 g/mol. The number of hydrogen-bond acceptors (Lipinski definition) is 3. The average Bonchev–Trinajstić information content (AvgIpc) is 2.86. The summed E-state index contributed by atoms with van der Waals surface area (Å²) < 4.78 is 0. The Morgan fingerprint density at radius 3 is 2.89 bits per heavy atom. The maximum Gasteiger partial charge on any atom is 0.255 e. The molecule has 1 saturated heterocycles. The molecule has 1 fully saturated rings. The van der Waals surface area contributed by atoms with Crippen LogP contribution in [0.1, 0.15) is 41.5 Å². The second-order valence-electron chi connectivity index (χ2n) is 4.95. The highest BCUT2D eigenvalue weighted by Gasteiger charge is 2.26. The van der Waals surface area contributed by atoms with Crippen LogP contribution in [0.3, 0.4) is 0 Å². The summed E-state index contributed by atoms with van der Waals surface area (Å²) in [4.78, 5) is 18.7. The van der Waals surface area contributed by atoms with Gasteiger partial charge < -0.3 is 10.6 Å². The smallest absolute Gasteiger partial charge is 0.255 e. The van der Waals surface area contributed by atoms with Crippen molar-refractivity contribution in [1.29, 1.82) is 0 Å². The monoisotopic (exact) mass is 247 g/mol. The number of carbonyl (C=O) groups is 1. The second kappa shape index (κ2) is 5.48. The van der Waals surface area contributed by atoms with Crippen LogP contribution in [0.25, 0.3) is 0 Å². The molecule has 98 valence electrons. The predicted octanol–water partition coefficient (Wildman–Crippen LogP) is 1.72. The fraction of sp³-hybridized carbons (Fsp3) is 0.571. The zero-order valence-electron chi connectivity index (χ0n) is 11.1. The summed E-state index contributed by atoms with van der Waals surface area (Å²) in [5.41, 5.74) is 7.87. The maximum absolute atomic E-state index is 12.4. The van der Waals surface area contributed by atoms with Gasteiger partial charge in [-0.1, -0.05) is 13.3 Å². The molecule has 4 nitrogen and oxygen atoms in total. The Labute approximate surface area is 108 Å². The van der Waals surface area contributed by atoms with Crippen LogP contribution in [-0.2, 0) is 6.54 Å². The van der Waals surface area contributed by atoms with Gasteiger partial charge in [-0.25, -0.2) is 0 Å². The van der Waals surface area contributed by atoms with Gasteiger partial charge in [0.25, 0.3) is 5.91 Å². The molecule has 0 aromatic carbocycles. The van der Waals surface area contributed by atoms with E-state index in [-0.39, 0.29) is 5.91 Å². The van der Waals surface area contributed by atoms with Gasteiger partial charge >= 0.3 is 0 Å². The van der Waals surface area contributed by atoms with Crippen LogP contribution in [-0.4, -0.2) is 28.9 Å². The molecule has 2 rings (SSSR count). The third kappa shape index (κ3) is 2.53. The van der Waals surface area contributed by atoms with Crippen molar-refractivity contribution in [1.82, 2.24) is 9.88 Å². The van der Waals surface area contributed by atoms with Crippen LogP contribution in [0.4, 0.5) is 0 Å². The SMILES string of the molecule is CCC1CCN(C(=O)c2ccc(CN)nc2C)C1. The Morgan fingerprint density at radius 2 is 2.33 bits per heavy atom. The molecular formula is C14H21N3O. The lowest BCUT2D eigenvalue weighted by Gasteiger charge is -2.17. The molecule has 0 radical (unpaired) electrons. The normalized spacial score (nSPS) is 19.3. The van der Waals surface area contributed by atoms with E-state index in [0.29, 0.717) is 18.0 Å². The number of amides is 1. The number of likely N-dealkylation sites (tertiary alicyclic amines) is 1. The highest BCUT2D eigenvalue weighted by molar-refractivity contribution is 5.95. The number of aromatic nitrogens is 1. The third-order valence-corrected chi connectivity index (χ3v) is 3.73. The lowest BCUT2D eigenvalue weighted by atomic mass is 10.1. The van der Waals surface area contributed by atoms with Gasteiger partial charge in [-0.15, -0.1) is 0 Å². The van der Waals surface area contributed by atoms with Gasteiger partial charge in [0, 0.05) is 19.6 Å². The van der Waals surface area contributed by atoms with Crippen molar-refractivity contribution in [2.24, 2.45) is 11.7 Å². The molecule has 1 atom stereocenters. The van der Waals surface area contributed by atoms with Gasteiger partial charge in [-0.2, -0.15) is 0 Å². The van der Waals surface area contributed by atoms with E-state index in [1.165, 1.54) is 0 Å². The summed E-state index contributed by atoms with van der Waals surface area (Å²) in [5, 5.41) is 0. The summed E-state index contributed by atoms with van der Waals surface area (Å²) in [6.45, 7) is 6.22. The molecule has 1 unspecified atom stereocenters. The van der Waals surface area contributed by atoms with Gasteiger partial charge in [0.1, 0.15) is 0 Å². The van der Waals surface area contributed by atoms with Crippen molar-refractivity contribution < 1.29 is 4.79 Å². The third-order valence-electron chi connectivity index (χ3n) is 3.73. The minimum atomic E-state index is 0.111. The minimum Gasteiger partial charge on any atom is -0.338 e. The Bertz CT molecular complexity index is 445. The largest absolute Gasteiger partial charge is 0.338 e. The first-order valence-electron chi connectivity index (χ1n) is 6.61. The van der Waals surface area contributed by atoms with E-state index in [4.69, 9.17) is 5.73 Å².